The average molecular weight is 415 g/mol. The highest BCUT2D eigenvalue weighted by atomic mass is 35.5. The molecule has 0 bridgehead atoms. The maximum absolute atomic E-state index is 13.4. The van der Waals surface area contributed by atoms with Crippen LogP contribution in [0.2, 0.25) is 5.02 Å². The number of benzene rings is 2. The van der Waals surface area contributed by atoms with Crippen molar-refractivity contribution < 1.29 is 22.0 Å². The van der Waals surface area contributed by atoms with Gasteiger partial charge in [-0.1, -0.05) is 41.9 Å². The van der Waals surface area contributed by atoms with Gasteiger partial charge in [-0.3, -0.25) is 4.79 Å². The van der Waals surface area contributed by atoms with E-state index in [2.05, 4.69) is 0 Å². The Labute approximate surface area is 161 Å². The second-order valence-electron chi connectivity index (χ2n) is 6.18. The maximum Gasteiger partial charge on any atom is 0.255 e. The predicted octanol–water partition coefficient (Wildman–Crippen LogP) is 2.91. The van der Waals surface area contributed by atoms with Crippen LogP contribution in [0, 0.1) is 11.6 Å². The van der Waals surface area contributed by atoms with Crippen molar-refractivity contribution in [1.29, 1.82) is 0 Å². The van der Waals surface area contributed by atoms with Crippen LogP contribution in [0.25, 0.3) is 0 Å². The van der Waals surface area contributed by atoms with Crippen molar-refractivity contribution in [2.45, 2.75) is 5.75 Å². The molecule has 0 N–H and O–H groups in total. The van der Waals surface area contributed by atoms with Crippen LogP contribution in [-0.4, -0.2) is 49.7 Å². The molecule has 0 spiro atoms. The molecule has 144 valence electrons. The molecule has 0 aliphatic carbocycles. The van der Waals surface area contributed by atoms with E-state index < -0.39 is 27.6 Å². The number of piperazine rings is 1. The molecule has 1 aliphatic heterocycles. The van der Waals surface area contributed by atoms with Crippen LogP contribution in [-0.2, 0) is 15.8 Å². The highest BCUT2D eigenvalue weighted by Crippen LogP contribution is 2.23. The van der Waals surface area contributed by atoms with Crippen molar-refractivity contribution in [3.05, 3.63) is 70.2 Å². The Bertz CT molecular complexity index is 947. The van der Waals surface area contributed by atoms with Gasteiger partial charge in [0.25, 0.3) is 5.91 Å². The van der Waals surface area contributed by atoms with Gasteiger partial charge >= 0.3 is 0 Å². The van der Waals surface area contributed by atoms with Crippen LogP contribution in [0.15, 0.2) is 42.5 Å². The van der Waals surface area contributed by atoms with E-state index in [1.165, 1.54) is 9.21 Å². The largest absolute Gasteiger partial charge is 0.336 e. The van der Waals surface area contributed by atoms with Gasteiger partial charge < -0.3 is 4.90 Å². The number of hydrogen-bond acceptors (Lipinski definition) is 3. The zero-order chi connectivity index (χ0) is 19.6. The molecule has 3 rings (SSSR count). The topological polar surface area (TPSA) is 57.7 Å². The van der Waals surface area contributed by atoms with Gasteiger partial charge in [0.15, 0.2) is 11.6 Å². The summed E-state index contributed by atoms with van der Waals surface area (Å²) < 4.78 is 53.0. The monoisotopic (exact) mass is 414 g/mol. The van der Waals surface area contributed by atoms with Gasteiger partial charge in [0.1, 0.15) is 0 Å². The first kappa shape index (κ1) is 19.7. The highest BCUT2D eigenvalue weighted by Gasteiger charge is 2.30. The van der Waals surface area contributed by atoms with Crippen LogP contribution >= 0.6 is 11.6 Å². The zero-order valence-electron chi connectivity index (χ0n) is 14.2. The molecule has 9 heteroatoms. The normalized spacial score (nSPS) is 15.7. The quantitative estimate of drug-likeness (QED) is 0.723. The van der Waals surface area contributed by atoms with E-state index in [1.54, 1.807) is 24.3 Å². The number of halogens is 3. The van der Waals surface area contributed by atoms with Crippen molar-refractivity contribution in [3.63, 3.8) is 0 Å². The molecule has 0 atom stereocenters. The van der Waals surface area contributed by atoms with E-state index >= 15 is 0 Å². The number of carbonyl (C=O) groups is 1. The van der Waals surface area contributed by atoms with E-state index in [9.17, 15) is 22.0 Å². The number of hydrogen-bond donors (Lipinski definition) is 0. The fourth-order valence-corrected chi connectivity index (χ4v) is 4.65. The maximum atomic E-state index is 13.4. The smallest absolute Gasteiger partial charge is 0.255 e. The number of sulfonamides is 1. The first-order valence-corrected chi connectivity index (χ1v) is 10.2. The molecule has 0 radical (unpaired) electrons. The molecule has 1 fully saturated rings. The number of carbonyl (C=O) groups excluding carboxylic acids is 1. The van der Waals surface area contributed by atoms with E-state index in [-0.39, 0.29) is 42.5 Å². The van der Waals surface area contributed by atoms with Gasteiger partial charge in [-0.25, -0.2) is 17.2 Å². The Hall–Kier alpha value is -2.03. The molecule has 1 aliphatic rings. The lowest BCUT2D eigenvalue weighted by Crippen LogP contribution is -2.50. The van der Waals surface area contributed by atoms with Crippen molar-refractivity contribution >= 4 is 27.5 Å². The Morgan fingerprint density at radius 3 is 2.22 bits per heavy atom. The minimum Gasteiger partial charge on any atom is -0.336 e. The summed E-state index contributed by atoms with van der Waals surface area (Å²) in [5, 5.41) is -0.182. The van der Waals surface area contributed by atoms with Gasteiger partial charge in [-0.05, 0) is 17.7 Å². The fraction of sp³-hybridized carbons (Fsp3) is 0.278. The standard InChI is InChI=1S/C18H17ClF2N2O3S/c19-15-11-17(21)16(20)10-14(15)18(24)22-6-8-23(9-7-22)27(25,26)12-13-4-2-1-3-5-13/h1-5,10-11H,6-9,12H2. The fourth-order valence-electron chi connectivity index (χ4n) is 2.90. The molecule has 0 unspecified atom stereocenters. The molecule has 5 nitrogen and oxygen atoms in total. The van der Waals surface area contributed by atoms with Crippen molar-refractivity contribution in [2.75, 3.05) is 26.2 Å². The van der Waals surface area contributed by atoms with Crippen molar-refractivity contribution in [2.24, 2.45) is 0 Å². The predicted molar refractivity (Wildman–Crippen MR) is 97.9 cm³/mol. The van der Waals surface area contributed by atoms with Crippen LogP contribution < -0.4 is 0 Å². The summed E-state index contributed by atoms with van der Waals surface area (Å²) in [6.07, 6.45) is 0. The van der Waals surface area contributed by atoms with Crippen LogP contribution in [0.5, 0.6) is 0 Å². The Morgan fingerprint density at radius 2 is 1.59 bits per heavy atom. The minimum atomic E-state index is -3.51. The Balaban J connectivity index is 1.66. The summed E-state index contributed by atoms with van der Waals surface area (Å²) in [7, 11) is -3.51. The third-order valence-corrected chi connectivity index (χ3v) is 6.51. The summed E-state index contributed by atoms with van der Waals surface area (Å²) in [5.41, 5.74) is 0.542. The van der Waals surface area contributed by atoms with E-state index in [1.807, 2.05) is 6.07 Å². The van der Waals surface area contributed by atoms with Crippen molar-refractivity contribution in [1.82, 2.24) is 9.21 Å². The van der Waals surface area contributed by atoms with Gasteiger partial charge in [0.05, 0.1) is 16.3 Å². The summed E-state index contributed by atoms with van der Waals surface area (Å²) in [6, 6.07) is 10.3. The lowest BCUT2D eigenvalue weighted by molar-refractivity contribution is 0.0697. The zero-order valence-corrected chi connectivity index (χ0v) is 15.8. The SMILES string of the molecule is O=C(c1cc(F)c(F)cc1Cl)N1CCN(S(=O)(=O)Cc2ccccc2)CC1. The Morgan fingerprint density at radius 1 is 1.00 bits per heavy atom. The molecular weight excluding hydrogens is 398 g/mol. The van der Waals surface area contributed by atoms with Crippen LogP contribution in [0.4, 0.5) is 8.78 Å². The van der Waals surface area contributed by atoms with Gasteiger partial charge in [0, 0.05) is 26.2 Å². The Kier molecular flexibility index (Phi) is 5.78. The molecule has 2 aromatic rings. The lowest BCUT2D eigenvalue weighted by Gasteiger charge is -2.34. The van der Waals surface area contributed by atoms with Crippen LogP contribution in [0.1, 0.15) is 15.9 Å². The van der Waals surface area contributed by atoms with E-state index in [4.69, 9.17) is 11.6 Å². The first-order valence-electron chi connectivity index (χ1n) is 8.23. The number of rotatable bonds is 4. The highest BCUT2D eigenvalue weighted by molar-refractivity contribution is 7.88. The summed E-state index contributed by atoms with van der Waals surface area (Å²) in [4.78, 5) is 13.9. The van der Waals surface area contributed by atoms with Gasteiger partial charge in [-0.15, -0.1) is 0 Å². The molecule has 1 heterocycles. The molecule has 27 heavy (non-hydrogen) atoms. The second-order valence-corrected chi connectivity index (χ2v) is 8.56. The molecular formula is C18H17ClF2N2O3S. The van der Waals surface area contributed by atoms with Crippen LogP contribution in [0.3, 0.4) is 0 Å². The van der Waals surface area contributed by atoms with E-state index in [0.29, 0.717) is 5.56 Å². The molecule has 1 amide bonds. The molecule has 2 aromatic carbocycles. The first-order chi connectivity index (χ1) is 12.8. The second kappa shape index (κ2) is 7.92. The van der Waals surface area contributed by atoms with Crippen molar-refractivity contribution in [3.8, 4) is 0 Å². The minimum absolute atomic E-state index is 0.114. The summed E-state index contributed by atoms with van der Waals surface area (Å²) in [5.74, 6) is -2.96. The number of nitrogens with zero attached hydrogens (tertiary/aromatic N) is 2. The molecule has 0 saturated carbocycles. The number of amides is 1. The summed E-state index contributed by atoms with van der Waals surface area (Å²) >= 11 is 5.85. The van der Waals surface area contributed by atoms with Gasteiger partial charge in [0.2, 0.25) is 10.0 Å². The van der Waals surface area contributed by atoms with Gasteiger partial charge in [-0.2, -0.15) is 4.31 Å². The third kappa shape index (κ3) is 4.45. The third-order valence-electron chi connectivity index (χ3n) is 4.35. The van der Waals surface area contributed by atoms with E-state index in [0.717, 1.165) is 12.1 Å². The average Bonchev–Trinajstić information content (AvgIpc) is 2.65. The lowest BCUT2D eigenvalue weighted by atomic mass is 10.1. The molecule has 1 saturated heterocycles. The molecule has 0 aromatic heterocycles. The summed E-state index contributed by atoms with van der Waals surface area (Å²) in [6.45, 7) is 0.536.